The minimum absolute atomic E-state index is 0.106. The van der Waals surface area contributed by atoms with Gasteiger partial charge >= 0.3 is 11.9 Å². The summed E-state index contributed by atoms with van der Waals surface area (Å²) in [7, 11) is 0. The molecule has 0 amide bonds. The summed E-state index contributed by atoms with van der Waals surface area (Å²) in [5, 5.41) is 18.1. The predicted octanol–water partition coefficient (Wildman–Crippen LogP) is 2.49. The fourth-order valence-corrected chi connectivity index (χ4v) is 4.09. The van der Waals surface area contributed by atoms with Crippen LogP contribution in [0.1, 0.15) is 43.2 Å². The molecule has 3 heterocycles. The lowest BCUT2D eigenvalue weighted by molar-refractivity contribution is 0.0463. The van der Waals surface area contributed by atoms with Crippen LogP contribution >= 0.6 is 0 Å². The number of fused-ring (bicyclic) bond motifs is 1. The summed E-state index contributed by atoms with van der Waals surface area (Å²) in [6, 6.07) is 9.80. The van der Waals surface area contributed by atoms with Crippen LogP contribution in [0.4, 0.5) is 0 Å². The molecule has 7 heteroatoms. The number of nitrogens with zero attached hydrogens (tertiary/aromatic N) is 2. The summed E-state index contributed by atoms with van der Waals surface area (Å²) in [5.74, 6) is -1.29. The minimum atomic E-state index is -1.01. The van der Waals surface area contributed by atoms with Crippen molar-refractivity contribution < 1.29 is 19.4 Å². The van der Waals surface area contributed by atoms with Gasteiger partial charge in [0, 0.05) is 42.7 Å². The molecule has 0 radical (unpaired) electrons. The minimum Gasteiger partial charge on any atom is -0.476 e. The third-order valence-corrected chi connectivity index (χ3v) is 5.40. The number of aromatic carboxylic acids is 1. The summed E-state index contributed by atoms with van der Waals surface area (Å²) in [6.07, 6.45) is 0.739. The van der Waals surface area contributed by atoms with E-state index in [1.54, 1.807) is 6.07 Å². The lowest BCUT2D eigenvalue weighted by Gasteiger charge is -2.28. The molecule has 3 aromatic rings. The first-order valence-electron chi connectivity index (χ1n) is 8.84. The second-order valence-electron chi connectivity index (χ2n) is 6.98. The van der Waals surface area contributed by atoms with E-state index in [1.807, 2.05) is 18.2 Å². The van der Waals surface area contributed by atoms with Crippen molar-refractivity contribution in [1.82, 2.24) is 15.1 Å². The molecule has 7 nitrogen and oxygen atoms in total. The highest BCUT2D eigenvalue weighted by molar-refractivity contribution is 6.08. The van der Waals surface area contributed by atoms with Crippen LogP contribution in [0.3, 0.4) is 0 Å². The van der Waals surface area contributed by atoms with Crippen LogP contribution in [0.5, 0.6) is 0 Å². The third kappa shape index (κ3) is 2.50. The van der Waals surface area contributed by atoms with Crippen LogP contribution in [0.25, 0.3) is 10.8 Å². The SMILES string of the molecule is O=C(O)c1n[nH]c2c1CN(Cc1ccc3c4c(cccc14)C(=O)OC3)CC2. The van der Waals surface area contributed by atoms with Gasteiger partial charge in [-0.2, -0.15) is 5.10 Å². The number of ether oxygens (including phenoxy) is 1. The number of nitrogens with one attached hydrogen (secondary N) is 1. The molecule has 0 bridgehead atoms. The molecule has 2 aliphatic heterocycles. The van der Waals surface area contributed by atoms with Gasteiger partial charge in [-0.25, -0.2) is 9.59 Å². The Morgan fingerprint density at radius 2 is 2.19 bits per heavy atom. The summed E-state index contributed by atoms with van der Waals surface area (Å²) in [5.41, 5.74) is 4.53. The second kappa shape index (κ2) is 5.92. The number of H-pyrrole nitrogens is 1. The fraction of sp³-hybridized carbons (Fsp3) is 0.250. The maximum atomic E-state index is 12.1. The van der Waals surface area contributed by atoms with Crippen molar-refractivity contribution in [2.24, 2.45) is 0 Å². The molecule has 0 atom stereocenters. The zero-order chi connectivity index (χ0) is 18.5. The lowest BCUT2D eigenvalue weighted by atomic mass is 9.93. The van der Waals surface area contributed by atoms with Gasteiger partial charge in [0.15, 0.2) is 5.69 Å². The second-order valence-corrected chi connectivity index (χ2v) is 6.98. The molecule has 5 rings (SSSR count). The summed E-state index contributed by atoms with van der Waals surface area (Å²) < 4.78 is 5.23. The smallest absolute Gasteiger partial charge is 0.356 e. The first-order valence-corrected chi connectivity index (χ1v) is 8.84. The maximum Gasteiger partial charge on any atom is 0.356 e. The summed E-state index contributed by atoms with van der Waals surface area (Å²) in [4.78, 5) is 25.7. The molecule has 0 aliphatic carbocycles. The van der Waals surface area contributed by atoms with Gasteiger partial charge in [-0.3, -0.25) is 10.00 Å². The number of aromatic amines is 1. The van der Waals surface area contributed by atoms with E-state index in [0.29, 0.717) is 25.3 Å². The fourth-order valence-electron chi connectivity index (χ4n) is 4.09. The summed E-state index contributed by atoms with van der Waals surface area (Å²) >= 11 is 0. The van der Waals surface area contributed by atoms with E-state index >= 15 is 0 Å². The Morgan fingerprint density at radius 1 is 1.30 bits per heavy atom. The van der Waals surface area contributed by atoms with Crippen molar-refractivity contribution in [2.75, 3.05) is 6.54 Å². The van der Waals surface area contributed by atoms with E-state index in [0.717, 1.165) is 46.1 Å². The average molecular weight is 363 g/mol. The van der Waals surface area contributed by atoms with Crippen molar-refractivity contribution in [2.45, 2.75) is 26.1 Å². The van der Waals surface area contributed by atoms with Crippen LogP contribution in [-0.4, -0.2) is 38.7 Å². The van der Waals surface area contributed by atoms with Crippen LogP contribution in [0, 0.1) is 0 Å². The third-order valence-electron chi connectivity index (χ3n) is 5.40. The number of benzene rings is 2. The van der Waals surface area contributed by atoms with Gasteiger partial charge < -0.3 is 9.84 Å². The van der Waals surface area contributed by atoms with Crippen molar-refractivity contribution in [3.63, 3.8) is 0 Å². The predicted molar refractivity (Wildman–Crippen MR) is 96.4 cm³/mol. The number of esters is 1. The van der Waals surface area contributed by atoms with Crippen LogP contribution in [-0.2, 0) is 30.9 Å². The number of rotatable bonds is 3. The maximum absolute atomic E-state index is 12.1. The zero-order valence-electron chi connectivity index (χ0n) is 14.5. The Morgan fingerprint density at radius 3 is 3.04 bits per heavy atom. The van der Waals surface area contributed by atoms with Gasteiger partial charge in [0.25, 0.3) is 0 Å². The quantitative estimate of drug-likeness (QED) is 0.694. The summed E-state index contributed by atoms with van der Waals surface area (Å²) in [6.45, 7) is 2.34. The van der Waals surface area contributed by atoms with Crippen molar-refractivity contribution in [1.29, 1.82) is 0 Å². The molecule has 0 unspecified atom stereocenters. The van der Waals surface area contributed by atoms with Gasteiger partial charge in [-0.15, -0.1) is 0 Å². The topological polar surface area (TPSA) is 95.5 Å². The van der Waals surface area contributed by atoms with Crippen molar-refractivity contribution in [3.05, 3.63) is 64.0 Å². The number of carboxylic acids is 1. The van der Waals surface area contributed by atoms with Gasteiger partial charge in [0.2, 0.25) is 0 Å². The van der Waals surface area contributed by atoms with Crippen molar-refractivity contribution in [3.8, 4) is 0 Å². The molecular formula is C20H17N3O4. The van der Waals surface area contributed by atoms with Gasteiger partial charge in [-0.05, 0) is 22.6 Å². The zero-order valence-corrected chi connectivity index (χ0v) is 14.5. The molecule has 0 spiro atoms. The first-order chi connectivity index (χ1) is 13.1. The monoisotopic (exact) mass is 363 g/mol. The highest BCUT2D eigenvalue weighted by Crippen LogP contribution is 2.32. The van der Waals surface area contributed by atoms with E-state index in [9.17, 15) is 14.7 Å². The van der Waals surface area contributed by atoms with Crippen LogP contribution in [0.15, 0.2) is 30.3 Å². The normalized spacial score (nSPS) is 16.2. The Balaban J connectivity index is 1.50. The number of hydrogen-bond donors (Lipinski definition) is 2. The standard InChI is InChI=1S/C20H17N3O4/c24-19(25)18-15-9-23(7-6-16(15)21-22-18)8-11-4-5-12-10-27-20(26)14-3-1-2-13(11)17(12)14/h1-5H,6-10H2,(H,21,22)(H,24,25). The molecule has 1 aromatic heterocycles. The van der Waals surface area contributed by atoms with E-state index in [4.69, 9.17) is 4.74 Å². The van der Waals surface area contributed by atoms with Crippen molar-refractivity contribution >= 4 is 22.7 Å². The lowest BCUT2D eigenvalue weighted by Crippen LogP contribution is -2.30. The Labute approximate surface area is 154 Å². The number of carbonyl (C=O) groups excluding carboxylic acids is 1. The molecule has 27 heavy (non-hydrogen) atoms. The van der Waals surface area contributed by atoms with E-state index in [2.05, 4.69) is 21.2 Å². The van der Waals surface area contributed by atoms with E-state index in [1.165, 1.54) is 0 Å². The first kappa shape index (κ1) is 16.0. The highest BCUT2D eigenvalue weighted by atomic mass is 16.5. The molecule has 2 aliphatic rings. The highest BCUT2D eigenvalue weighted by Gasteiger charge is 2.26. The molecule has 136 valence electrons. The van der Waals surface area contributed by atoms with Gasteiger partial charge in [0.05, 0.1) is 5.56 Å². The molecular weight excluding hydrogens is 346 g/mol. The van der Waals surface area contributed by atoms with Gasteiger partial charge in [0.1, 0.15) is 6.61 Å². The van der Waals surface area contributed by atoms with Gasteiger partial charge in [-0.1, -0.05) is 24.3 Å². The van der Waals surface area contributed by atoms with E-state index in [-0.39, 0.29) is 11.7 Å². The largest absolute Gasteiger partial charge is 0.476 e. The molecule has 0 fully saturated rings. The molecule has 2 N–H and O–H groups in total. The Bertz CT molecular complexity index is 1100. The number of carboxylic acid groups (broad SMARTS) is 1. The van der Waals surface area contributed by atoms with Crippen LogP contribution < -0.4 is 0 Å². The molecule has 2 aromatic carbocycles. The number of carbonyl (C=O) groups is 2. The average Bonchev–Trinajstić information content (AvgIpc) is 3.10. The number of aromatic nitrogens is 2. The molecule has 0 saturated heterocycles. The number of cyclic esters (lactones) is 1. The van der Waals surface area contributed by atoms with Crippen LogP contribution in [0.2, 0.25) is 0 Å². The Kier molecular flexibility index (Phi) is 3.51. The number of hydrogen-bond acceptors (Lipinski definition) is 5. The van der Waals surface area contributed by atoms with E-state index < -0.39 is 5.97 Å². The molecule has 0 saturated carbocycles. The Hall–Kier alpha value is -3.19.